The number of carbonyl (C=O) groups is 1. The molecule has 3 rings (SSSR count). The van der Waals surface area contributed by atoms with Gasteiger partial charge in [-0.15, -0.1) is 11.8 Å². The molecule has 0 saturated heterocycles. The summed E-state index contributed by atoms with van der Waals surface area (Å²) in [5.74, 6) is 2.02. The average molecular weight is 398 g/mol. The Morgan fingerprint density at radius 2 is 1.93 bits per heavy atom. The van der Waals surface area contributed by atoms with Crippen molar-refractivity contribution in [2.45, 2.75) is 31.4 Å². The number of aromatic nitrogens is 2. The van der Waals surface area contributed by atoms with Crippen LogP contribution in [0.25, 0.3) is 0 Å². The van der Waals surface area contributed by atoms with E-state index in [2.05, 4.69) is 10.1 Å². The predicted molar refractivity (Wildman–Crippen MR) is 107 cm³/mol. The van der Waals surface area contributed by atoms with Gasteiger partial charge in [-0.25, -0.2) is 4.79 Å². The van der Waals surface area contributed by atoms with Crippen LogP contribution in [0.1, 0.15) is 33.2 Å². The highest BCUT2D eigenvalue weighted by molar-refractivity contribution is 7.98. The van der Waals surface area contributed by atoms with Crippen molar-refractivity contribution in [3.05, 3.63) is 70.9 Å². The van der Waals surface area contributed by atoms with Gasteiger partial charge in [-0.1, -0.05) is 29.4 Å². The third-order valence-corrected chi connectivity index (χ3v) is 5.00. The minimum Gasteiger partial charge on any atom is -0.490 e. The van der Waals surface area contributed by atoms with Gasteiger partial charge in [-0.2, -0.15) is 4.98 Å². The standard InChI is InChI=1S/C21H22N2O4S/c1-14-8-9-15(2)18(12-14)25-10-11-26-21(24)17-6-4-5-7-19(17)28-13-20-22-16(3)23-27-20/h4-9,12H,10-11,13H2,1-3H3. The number of hydrogen-bond acceptors (Lipinski definition) is 7. The Morgan fingerprint density at radius 3 is 2.71 bits per heavy atom. The van der Waals surface area contributed by atoms with Gasteiger partial charge in [0.2, 0.25) is 5.89 Å². The molecule has 7 heteroatoms. The van der Waals surface area contributed by atoms with E-state index in [9.17, 15) is 4.79 Å². The van der Waals surface area contributed by atoms with E-state index in [4.69, 9.17) is 14.0 Å². The zero-order chi connectivity index (χ0) is 19.9. The van der Waals surface area contributed by atoms with Crippen LogP contribution in [0, 0.1) is 20.8 Å². The average Bonchev–Trinajstić information content (AvgIpc) is 3.11. The van der Waals surface area contributed by atoms with Crippen LogP contribution in [0.2, 0.25) is 0 Å². The van der Waals surface area contributed by atoms with Gasteiger partial charge < -0.3 is 14.0 Å². The van der Waals surface area contributed by atoms with Crippen LogP contribution in [0.5, 0.6) is 5.75 Å². The van der Waals surface area contributed by atoms with E-state index in [1.807, 2.05) is 50.2 Å². The summed E-state index contributed by atoms with van der Waals surface area (Å²) in [6, 6.07) is 13.3. The SMILES string of the molecule is Cc1ccc(C)c(OCCOC(=O)c2ccccc2SCc2nc(C)no2)c1. The number of thioether (sulfide) groups is 1. The molecule has 0 atom stereocenters. The molecule has 0 amide bonds. The van der Waals surface area contributed by atoms with Gasteiger partial charge in [-0.3, -0.25) is 0 Å². The number of rotatable bonds is 8. The summed E-state index contributed by atoms with van der Waals surface area (Å²) >= 11 is 1.45. The third kappa shape index (κ3) is 5.36. The van der Waals surface area contributed by atoms with Crippen molar-refractivity contribution < 1.29 is 18.8 Å². The molecule has 0 N–H and O–H groups in total. The van der Waals surface area contributed by atoms with Crippen LogP contribution in [0.4, 0.5) is 0 Å². The van der Waals surface area contributed by atoms with Crippen LogP contribution >= 0.6 is 11.8 Å². The Balaban J connectivity index is 1.53. The van der Waals surface area contributed by atoms with Gasteiger partial charge in [0.15, 0.2) is 5.82 Å². The zero-order valence-electron chi connectivity index (χ0n) is 16.1. The number of ether oxygens (including phenoxy) is 2. The van der Waals surface area contributed by atoms with E-state index >= 15 is 0 Å². The summed E-state index contributed by atoms with van der Waals surface area (Å²) in [7, 11) is 0. The highest BCUT2D eigenvalue weighted by atomic mass is 32.2. The van der Waals surface area contributed by atoms with Crippen molar-refractivity contribution in [1.82, 2.24) is 10.1 Å². The molecule has 0 unspecified atom stereocenters. The highest BCUT2D eigenvalue weighted by Crippen LogP contribution is 2.26. The summed E-state index contributed by atoms with van der Waals surface area (Å²) in [6.07, 6.45) is 0. The molecule has 6 nitrogen and oxygen atoms in total. The molecule has 3 aromatic rings. The lowest BCUT2D eigenvalue weighted by atomic mass is 10.1. The molecule has 0 fully saturated rings. The van der Waals surface area contributed by atoms with E-state index in [0.717, 1.165) is 21.8 Å². The predicted octanol–water partition coefficient (Wildman–Crippen LogP) is 4.52. The fourth-order valence-corrected chi connectivity index (χ4v) is 3.40. The lowest BCUT2D eigenvalue weighted by Gasteiger charge is -2.11. The summed E-state index contributed by atoms with van der Waals surface area (Å²) in [5, 5.41) is 3.77. The van der Waals surface area contributed by atoms with Crippen molar-refractivity contribution in [2.24, 2.45) is 0 Å². The molecule has 0 saturated carbocycles. The normalized spacial score (nSPS) is 10.7. The van der Waals surface area contributed by atoms with Gasteiger partial charge in [0, 0.05) is 4.90 Å². The third-order valence-electron chi connectivity index (χ3n) is 3.95. The Hall–Kier alpha value is -2.80. The number of carbonyl (C=O) groups excluding carboxylic acids is 1. The maximum absolute atomic E-state index is 12.5. The molecule has 0 radical (unpaired) electrons. The molecule has 28 heavy (non-hydrogen) atoms. The number of hydrogen-bond donors (Lipinski definition) is 0. The lowest BCUT2D eigenvalue weighted by Crippen LogP contribution is -2.13. The van der Waals surface area contributed by atoms with Crippen molar-refractivity contribution in [2.75, 3.05) is 13.2 Å². The van der Waals surface area contributed by atoms with Gasteiger partial charge in [0.1, 0.15) is 19.0 Å². The van der Waals surface area contributed by atoms with E-state index in [-0.39, 0.29) is 12.6 Å². The highest BCUT2D eigenvalue weighted by Gasteiger charge is 2.14. The van der Waals surface area contributed by atoms with Gasteiger partial charge in [-0.05, 0) is 50.1 Å². The summed E-state index contributed by atoms with van der Waals surface area (Å²) in [6.45, 7) is 6.24. The van der Waals surface area contributed by atoms with Gasteiger partial charge in [0.25, 0.3) is 0 Å². The summed E-state index contributed by atoms with van der Waals surface area (Å²) in [4.78, 5) is 17.4. The molecule has 1 aromatic heterocycles. The van der Waals surface area contributed by atoms with Crippen LogP contribution in [0.3, 0.4) is 0 Å². The first-order valence-electron chi connectivity index (χ1n) is 8.91. The monoisotopic (exact) mass is 398 g/mol. The topological polar surface area (TPSA) is 74.5 Å². The fraction of sp³-hybridized carbons (Fsp3) is 0.286. The smallest absolute Gasteiger partial charge is 0.339 e. The molecule has 0 bridgehead atoms. The molecule has 2 aromatic carbocycles. The maximum Gasteiger partial charge on any atom is 0.339 e. The van der Waals surface area contributed by atoms with E-state index in [1.54, 1.807) is 13.0 Å². The maximum atomic E-state index is 12.5. The summed E-state index contributed by atoms with van der Waals surface area (Å²) in [5.41, 5.74) is 2.69. The van der Waals surface area contributed by atoms with Crippen molar-refractivity contribution in [3.63, 3.8) is 0 Å². The van der Waals surface area contributed by atoms with Crippen LogP contribution in [-0.4, -0.2) is 29.3 Å². The molecule has 1 heterocycles. The Labute approximate surface area is 168 Å². The van der Waals surface area contributed by atoms with Crippen molar-refractivity contribution >= 4 is 17.7 Å². The Bertz CT molecular complexity index is 955. The quantitative estimate of drug-likeness (QED) is 0.314. The van der Waals surface area contributed by atoms with Gasteiger partial charge >= 0.3 is 5.97 Å². The van der Waals surface area contributed by atoms with Crippen molar-refractivity contribution in [3.8, 4) is 5.75 Å². The Kier molecular flexibility index (Phi) is 6.71. The van der Waals surface area contributed by atoms with Crippen molar-refractivity contribution in [1.29, 1.82) is 0 Å². The number of aryl methyl sites for hydroxylation is 3. The molecule has 0 aliphatic heterocycles. The minimum atomic E-state index is -0.380. The molecule has 0 aliphatic rings. The first-order valence-corrected chi connectivity index (χ1v) is 9.89. The molecule has 146 valence electrons. The Morgan fingerprint density at radius 1 is 1.11 bits per heavy atom. The van der Waals surface area contributed by atoms with Gasteiger partial charge in [0.05, 0.1) is 11.3 Å². The van der Waals surface area contributed by atoms with E-state index in [0.29, 0.717) is 29.6 Å². The zero-order valence-corrected chi connectivity index (χ0v) is 16.9. The molecular weight excluding hydrogens is 376 g/mol. The molecular formula is C21H22N2O4S. The minimum absolute atomic E-state index is 0.175. The summed E-state index contributed by atoms with van der Waals surface area (Å²) < 4.78 is 16.2. The first kappa shape index (κ1) is 19.9. The van der Waals surface area contributed by atoms with E-state index in [1.165, 1.54) is 11.8 Å². The number of nitrogens with zero attached hydrogens (tertiary/aromatic N) is 2. The second-order valence-electron chi connectivity index (χ2n) is 6.27. The second kappa shape index (κ2) is 9.41. The molecule has 0 spiro atoms. The van der Waals surface area contributed by atoms with Crippen LogP contribution in [-0.2, 0) is 10.5 Å². The number of esters is 1. The first-order chi connectivity index (χ1) is 13.5. The van der Waals surface area contributed by atoms with Crippen LogP contribution < -0.4 is 4.74 Å². The lowest BCUT2D eigenvalue weighted by molar-refractivity contribution is 0.0446. The fourth-order valence-electron chi connectivity index (χ4n) is 2.53. The van der Waals surface area contributed by atoms with Crippen LogP contribution in [0.15, 0.2) is 51.9 Å². The number of benzene rings is 2. The molecule has 0 aliphatic carbocycles. The largest absolute Gasteiger partial charge is 0.490 e. The second-order valence-corrected chi connectivity index (χ2v) is 7.29. The van der Waals surface area contributed by atoms with E-state index < -0.39 is 0 Å².